The lowest BCUT2D eigenvalue weighted by atomic mass is 10.0. The van der Waals surface area contributed by atoms with Gasteiger partial charge in [-0.05, 0) is 57.7 Å². The summed E-state index contributed by atoms with van der Waals surface area (Å²) in [4.78, 5) is 5.10. The SMILES string of the molecule is CCN1CCC(N(C)Cc2ccccc2CNC)CC1. The fraction of sp³-hybridized carbons (Fsp3) is 0.647. The average molecular weight is 275 g/mol. The molecular formula is C17H29N3. The topological polar surface area (TPSA) is 18.5 Å². The minimum absolute atomic E-state index is 0.737. The van der Waals surface area contributed by atoms with Gasteiger partial charge >= 0.3 is 0 Å². The number of piperidine rings is 1. The van der Waals surface area contributed by atoms with Gasteiger partial charge in [0.15, 0.2) is 0 Å². The molecule has 1 aromatic rings. The summed E-state index contributed by atoms with van der Waals surface area (Å²) in [6.45, 7) is 7.99. The molecule has 3 heteroatoms. The van der Waals surface area contributed by atoms with E-state index in [1.165, 1.54) is 43.6 Å². The second-order valence-corrected chi connectivity index (χ2v) is 5.88. The third-order valence-corrected chi connectivity index (χ3v) is 4.53. The maximum absolute atomic E-state index is 3.27. The van der Waals surface area contributed by atoms with E-state index in [1.54, 1.807) is 0 Å². The average Bonchev–Trinajstić information content (AvgIpc) is 2.49. The van der Waals surface area contributed by atoms with E-state index in [1.807, 2.05) is 7.05 Å². The lowest BCUT2D eigenvalue weighted by Gasteiger charge is -2.36. The van der Waals surface area contributed by atoms with Crippen LogP contribution in [0.15, 0.2) is 24.3 Å². The number of benzene rings is 1. The Morgan fingerprint density at radius 3 is 2.45 bits per heavy atom. The smallest absolute Gasteiger partial charge is 0.0236 e. The van der Waals surface area contributed by atoms with Crippen LogP contribution < -0.4 is 5.32 Å². The maximum atomic E-state index is 3.27. The summed E-state index contributed by atoms with van der Waals surface area (Å²) in [6, 6.07) is 9.53. The summed E-state index contributed by atoms with van der Waals surface area (Å²) in [6.07, 6.45) is 2.61. The molecule has 0 bridgehead atoms. The van der Waals surface area contributed by atoms with E-state index in [4.69, 9.17) is 0 Å². The van der Waals surface area contributed by atoms with Crippen molar-refractivity contribution in [3.63, 3.8) is 0 Å². The van der Waals surface area contributed by atoms with E-state index in [-0.39, 0.29) is 0 Å². The van der Waals surface area contributed by atoms with Crippen molar-refractivity contribution in [3.05, 3.63) is 35.4 Å². The molecule has 0 atom stereocenters. The summed E-state index contributed by atoms with van der Waals surface area (Å²) in [5, 5.41) is 3.27. The Balaban J connectivity index is 1.93. The molecule has 112 valence electrons. The predicted molar refractivity (Wildman–Crippen MR) is 85.8 cm³/mol. The van der Waals surface area contributed by atoms with Crippen LogP contribution in [0.5, 0.6) is 0 Å². The fourth-order valence-corrected chi connectivity index (χ4v) is 3.15. The van der Waals surface area contributed by atoms with Crippen molar-refractivity contribution in [2.24, 2.45) is 0 Å². The van der Waals surface area contributed by atoms with Gasteiger partial charge in [-0.3, -0.25) is 4.90 Å². The molecule has 0 aromatic heterocycles. The molecule has 1 aliphatic rings. The van der Waals surface area contributed by atoms with E-state index in [0.717, 1.165) is 19.1 Å². The number of hydrogen-bond donors (Lipinski definition) is 1. The Hall–Kier alpha value is -0.900. The number of rotatable bonds is 6. The van der Waals surface area contributed by atoms with Crippen molar-refractivity contribution in [1.29, 1.82) is 0 Å². The maximum Gasteiger partial charge on any atom is 0.0236 e. The first kappa shape index (κ1) is 15.5. The quantitative estimate of drug-likeness (QED) is 0.859. The molecule has 0 saturated carbocycles. The Morgan fingerprint density at radius 1 is 1.20 bits per heavy atom. The zero-order valence-electron chi connectivity index (χ0n) is 13.2. The minimum Gasteiger partial charge on any atom is -0.316 e. The lowest BCUT2D eigenvalue weighted by Crippen LogP contribution is -2.43. The van der Waals surface area contributed by atoms with Crippen molar-refractivity contribution >= 4 is 0 Å². The molecule has 2 rings (SSSR count). The molecule has 20 heavy (non-hydrogen) atoms. The van der Waals surface area contributed by atoms with Gasteiger partial charge in [0.1, 0.15) is 0 Å². The zero-order valence-corrected chi connectivity index (χ0v) is 13.2. The minimum atomic E-state index is 0.737. The highest BCUT2D eigenvalue weighted by atomic mass is 15.2. The van der Waals surface area contributed by atoms with Gasteiger partial charge in [0.05, 0.1) is 0 Å². The number of hydrogen-bond acceptors (Lipinski definition) is 3. The van der Waals surface area contributed by atoms with Gasteiger partial charge in [-0.15, -0.1) is 0 Å². The first-order valence-corrected chi connectivity index (χ1v) is 7.88. The monoisotopic (exact) mass is 275 g/mol. The second-order valence-electron chi connectivity index (χ2n) is 5.88. The molecular weight excluding hydrogens is 246 g/mol. The van der Waals surface area contributed by atoms with Gasteiger partial charge in [0, 0.05) is 19.1 Å². The van der Waals surface area contributed by atoms with Crippen LogP contribution in [-0.2, 0) is 13.1 Å². The summed E-state index contributed by atoms with van der Waals surface area (Å²) in [5.74, 6) is 0. The van der Waals surface area contributed by atoms with Gasteiger partial charge < -0.3 is 10.2 Å². The first-order valence-electron chi connectivity index (χ1n) is 7.88. The van der Waals surface area contributed by atoms with E-state index >= 15 is 0 Å². The van der Waals surface area contributed by atoms with Crippen LogP contribution in [0.3, 0.4) is 0 Å². The molecule has 0 amide bonds. The standard InChI is InChI=1S/C17H29N3/c1-4-20-11-9-17(10-12-20)19(3)14-16-8-6-5-7-15(16)13-18-2/h5-8,17-18H,4,9-14H2,1-3H3. The highest BCUT2D eigenvalue weighted by Crippen LogP contribution is 2.19. The third kappa shape index (κ3) is 4.05. The highest BCUT2D eigenvalue weighted by Gasteiger charge is 2.21. The van der Waals surface area contributed by atoms with E-state index in [9.17, 15) is 0 Å². The lowest BCUT2D eigenvalue weighted by molar-refractivity contribution is 0.127. The number of nitrogens with one attached hydrogen (secondary N) is 1. The molecule has 0 aliphatic carbocycles. The van der Waals surface area contributed by atoms with Gasteiger partial charge in [0.25, 0.3) is 0 Å². The molecule has 1 aliphatic heterocycles. The third-order valence-electron chi connectivity index (χ3n) is 4.53. The Morgan fingerprint density at radius 2 is 1.85 bits per heavy atom. The van der Waals surface area contributed by atoms with Crippen LogP contribution >= 0.6 is 0 Å². The molecule has 3 nitrogen and oxygen atoms in total. The normalized spacial score (nSPS) is 17.8. The molecule has 1 N–H and O–H groups in total. The van der Waals surface area contributed by atoms with Crippen molar-refractivity contribution < 1.29 is 0 Å². The van der Waals surface area contributed by atoms with E-state index < -0.39 is 0 Å². The van der Waals surface area contributed by atoms with Crippen LogP contribution in [0.4, 0.5) is 0 Å². The largest absolute Gasteiger partial charge is 0.316 e. The van der Waals surface area contributed by atoms with E-state index in [2.05, 4.69) is 53.4 Å². The van der Waals surface area contributed by atoms with Crippen molar-refractivity contribution in [3.8, 4) is 0 Å². The number of likely N-dealkylation sites (tertiary alicyclic amines) is 1. The molecule has 0 radical (unpaired) electrons. The summed E-state index contributed by atoms with van der Waals surface area (Å²) >= 11 is 0. The first-order chi connectivity index (χ1) is 9.74. The molecule has 1 fully saturated rings. The zero-order chi connectivity index (χ0) is 14.4. The predicted octanol–water partition coefficient (Wildman–Crippen LogP) is 2.32. The van der Waals surface area contributed by atoms with Crippen LogP contribution in [0.1, 0.15) is 30.9 Å². The van der Waals surface area contributed by atoms with Gasteiger partial charge in [-0.1, -0.05) is 31.2 Å². The molecule has 0 unspecified atom stereocenters. The molecule has 1 heterocycles. The Kier molecular flexibility index (Phi) is 6.02. The summed E-state index contributed by atoms with van der Waals surface area (Å²) in [5.41, 5.74) is 2.88. The summed E-state index contributed by atoms with van der Waals surface area (Å²) in [7, 11) is 4.30. The summed E-state index contributed by atoms with van der Waals surface area (Å²) < 4.78 is 0. The second kappa shape index (κ2) is 7.77. The van der Waals surface area contributed by atoms with Crippen molar-refractivity contribution in [2.75, 3.05) is 33.7 Å². The van der Waals surface area contributed by atoms with Crippen LogP contribution in [0.25, 0.3) is 0 Å². The Labute approximate surface area is 124 Å². The molecule has 1 saturated heterocycles. The van der Waals surface area contributed by atoms with Gasteiger partial charge in [0.2, 0.25) is 0 Å². The molecule has 1 aromatic carbocycles. The van der Waals surface area contributed by atoms with Crippen molar-refractivity contribution in [1.82, 2.24) is 15.1 Å². The fourth-order valence-electron chi connectivity index (χ4n) is 3.15. The van der Waals surface area contributed by atoms with E-state index in [0.29, 0.717) is 0 Å². The van der Waals surface area contributed by atoms with Gasteiger partial charge in [-0.2, -0.15) is 0 Å². The van der Waals surface area contributed by atoms with Crippen LogP contribution in [0.2, 0.25) is 0 Å². The highest BCUT2D eigenvalue weighted by molar-refractivity contribution is 5.27. The Bertz CT molecular complexity index is 397. The van der Waals surface area contributed by atoms with Crippen molar-refractivity contribution in [2.45, 2.75) is 38.9 Å². The van der Waals surface area contributed by atoms with Gasteiger partial charge in [-0.25, -0.2) is 0 Å². The molecule has 0 spiro atoms. The van der Waals surface area contributed by atoms with Crippen LogP contribution in [0, 0.1) is 0 Å². The van der Waals surface area contributed by atoms with Crippen LogP contribution in [-0.4, -0.2) is 49.6 Å². The number of nitrogens with zero attached hydrogens (tertiary/aromatic N) is 2.